The zero-order valence-corrected chi connectivity index (χ0v) is 24.1. The third-order valence-electron chi connectivity index (χ3n) is 6.59. The molecule has 3 nitrogen and oxygen atoms in total. The fraction of sp³-hybridized carbons (Fsp3) is 0.800. The zero-order chi connectivity index (χ0) is 29.4. The molecule has 0 N–H and O–H groups in total. The average Bonchev–Trinajstić information content (AvgIpc) is 2.88. The molecule has 0 fully saturated rings. The quantitative estimate of drug-likeness (QED) is 0.0836. The molecule has 1 rings (SSSR count). The smallest absolute Gasteiger partial charge is 0.327 e. The number of rotatable bonds is 21. The molecular formula is C30H48F6O3. The lowest BCUT2D eigenvalue weighted by molar-refractivity contribution is -0.406. The van der Waals surface area contributed by atoms with Crippen LogP contribution in [0.25, 0.3) is 0 Å². The van der Waals surface area contributed by atoms with Crippen molar-refractivity contribution in [1.29, 1.82) is 0 Å². The van der Waals surface area contributed by atoms with Crippen molar-refractivity contribution in [3.8, 4) is 0 Å². The van der Waals surface area contributed by atoms with E-state index >= 15 is 0 Å². The second kappa shape index (κ2) is 18.2. The van der Waals surface area contributed by atoms with Gasteiger partial charge in [0.1, 0.15) is 0 Å². The summed E-state index contributed by atoms with van der Waals surface area (Å²) in [6.45, 7) is 9.37. The van der Waals surface area contributed by atoms with Crippen LogP contribution >= 0.6 is 0 Å². The first-order valence-corrected chi connectivity index (χ1v) is 14.6. The van der Waals surface area contributed by atoms with E-state index in [1.54, 1.807) is 0 Å². The van der Waals surface area contributed by atoms with Gasteiger partial charge in [-0.3, -0.25) is 0 Å². The molecule has 228 valence electrons. The Kier molecular flexibility index (Phi) is 16.6. The van der Waals surface area contributed by atoms with Gasteiger partial charge in [0, 0.05) is 5.92 Å². The standard InChI is InChI=1S/C30H48F6O3/c1-5-9-10-11-12-13-16-25(30(37-18-6-2,38-19-7-3)39-20-8-4)17-14-15-24-21-26(28(31,32)33)23-27(22-24)29(34,35)36/h21-23,25H,5-20H2,1-4H3. The van der Waals surface area contributed by atoms with E-state index in [0.717, 1.165) is 69.9 Å². The SMILES string of the molecule is CCCCCCCCC(CCCc1cc(C(F)(F)F)cc(C(F)(F)F)c1)C(OCCC)(OCCC)OCCC. The van der Waals surface area contributed by atoms with Gasteiger partial charge in [0.05, 0.1) is 30.9 Å². The minimum Gasteiger partial charge on any atom is -0.327 e. The van der Waals surface area contributed by atoms with Crippen LogP contribution in [0.5, 0.6) is 0 Å². The summed E-state index contributed by atoms with van der Waals surface area (Å²) < 4.78 is 98.7. The number of aryl methyl sites for hydroxylation is 1. The van der Waals surface area contributed by atoms with Crippen LogP contribution in [-0.2, 0) is 33.0 Å². The van der Waals surface area contributed by atoms with Crippen molar-refractivity contribution in [2.75, 3.05) is 19.8 Å². The van der Waals surface area contributed by atoms with E-state index in [1.807, 2.05) is 20.8 Å². The average molecular weight is 571 g/mol. The summed E-state index contributed by atoms with van der Waals surface area (Å²) in [5, 5.41) is 0. The van der Waals surface area contributed by atoms with Crippen molar-refractivity contribution < 1.29 is 40.6 Å². The summed E-state index contributed by atoms with van der Waals surface area (Å²) in [6, 6.07) is 1.81. The highest BCUT2D eigenvalue weighted by molar-refractivity contribution is 5.33. The minimum atomic E-state index is -4.86. The molecule has 0 aromatic heterocycles. The molecule has 0 radical (unpaired) electrons. The van der Waals surface area contributed by atoms with E-state index in [1.165, 1.54) is 6.42 Å². The minimum absolute atomic E-state index is 0.0134. The number of hydrogen-bond acceptors (Lipinski definition) is 3. The van der Waals surface area contributed by atoms with Gasteiger partial charge in [-0.2, -0.15) is 26.3 Å². The van der Waals surface area contributed by atoms with E-state index < -0.39 is 29.5 Å². The largest absolute Gasteiger partial charge is 0.416 e. The van der Waals surface area contributed by atoms with Crippen LogP contribution in [0.15, 0.2) is 18.2 Å². The van der Waals surface area contributed by atoms with E-state index in [9.17, 15) is 26.3 Å². The first kappa shape index (κ1) is 35.7. The Morgan fingerprint density at radius 2 is 1.00 bits per heavy atom. The van der Waals surface area contributed by atoms with Gasteiger partial charge in [0.15, 0.2) is 0 Å². The Bertz CT molecular complexity index is 725. The normalized spacial score (nSPS) is 13.7. The summed E-state index contributed by atoms with van der Waals surface area (Å²) in [7, 11) is 0. The summed E-state index contributed by atoms with van der Waals surface area (Å²) >= 11 is 0. The zero-order valence-electron chi connectivity index (χ0n) is 24.1. The molecule has 0 bridgehead atoms. The first-order chi connectivity index (χ1) is 18.4. The van der Waals surface area contributed by atoms with Crippen molar-refractivity contribution in [3.63, 3.8) is 0 Å². The second-order valence-electron chi connectivity index (χ2n) is 10.2. The predicted octanol–water partition coefficient (Wildman–Crippen LogP) is 10.3. The molecule has 0 aliphatic rings. The fourth-order valence-corrected chi connectivity index (χ4v) is 4.60. The van der Waals surface area contributed by atoms with Gasteiger partial charge < -0.3 is 14.2 Å². The molecule has 0 saturated heterocycles. The first-order valence-electron chi connectivity index (χ1n) is 14.6. The molecule has 0 aliphatic heterocycles. The van der Waals surface area contributed by atoms with Crippen LogP contribution in [0.1, 0.15) is 121 Å². The van der Waals surface area contributed by atoms with Crippen LogP contribution in [0.4, 0.5) is 26.3 Å². The molecular weight excluding hydrogens is 522 g/mol. The maximum atomic E-state index is 13.3. The fourth-order valence-electron chi connectivity index (χ4n) is 4.60. The summed E-state index contributed by atoms with van der Waals surface area (Å²) in [6.07, 6.45) is 0.763. The van der Waals surface area contributed by atoms with Crippen LogP contribution in [-0.4, -0.2) is 25.8 Å². The van der Waals surface area contributed by atoms with Crippen LogP contribution < -0.4 is 0 Å². The molecule has 1 aromatic rings. The van der Waals surface area contributed by atoms with Crippen molar-refractivity contribution in [3.05, 3.63) is 34.9 Å². The Morgan fingerprint density at radius 3 is 1.44 bits per heavy atom. The Labute approximate surface area is 231 Å². The number of ether oxygens (including phenoxy) is 3. The molecule has 0 amide bonds. The molecule has 1 unspecified atom stereocenters. The molecule has 0 saturated carbocycles. The molecule has 39 heavy (non-hydrogen) atoms. The number of hydrogen-bond donors (Lipinski definition) is 0. The van der Waals surface area contributed by atoms with Crippen LogP contribution in [0, 0.1) is 5.92 Å². The molecule has 1 atom stereocenters. The summed E-state index contributed by atoms with van der Waals surface area (Å²) in [5.41, 5.74) is -2.55. The van der Waals surface area contributed by atoms with E-state index in [0.29, 0.717) is 32.7 Å². The van der Waals surface area contributed by atoms with Crippen LogP contribution in [0.2, 0.25) is 0 Å². The maximum Gasteiger partial charge on any atom is 0.416 e. The monoisotopic (exact) mass is 570 g/mol. The molecule has 0 heterocycles. The number of alkyl halides is 6. The molecule has 0 aliphatic carbocycles. The third kappa shape index (κ3) is 13.3. The lowest BCUT2D eigenvalue weighted by Crippen LogP contribution is -2.47. The summed E-state index contributed by atoms with van der Waals surface area (Å²) in [5.74, 6) is -1.49. The predicted molar refractivity (Wildman–Crippen MR) is 142 cm³/mol. The number of halogens is 6. The lowest BCUT2D eigenvalue weighted by Gasteiger charge is -2.40. The van der Waals surface area contributed by atoms with Gasteiger partial charge in [0.25, 0.3) is 5.97 Å². The third-order valence-corrected chi connectivity index (χ3v) is 6.59. The Morgan fingerprint density at radius 1 is 0.564 bits per heavy atom. The summed E-state index contributed by atoms with van der Waals surface area (Å²) in [4.78, 5) is 0. The molecule has 1 aromatic carbocycles. The molecule has 9 heteroatoms. The topological polar surface area (TPSA) is 27.7 Å². The highest BCUT2D eigenvalue weighted by atomic mass is 19.4. The Hall–Kier alpha value is -1.32. The van der Waals surface area contributed by atoms with Gasteiger partial charge >= 0.3 is 12.4 Å². The number of unbranched alkanes of at least 4 members (excludes halogenated alkanes) is 5. The van der Waals surface area contributed by atoms with E-state index in [4.69, 9.17) is 14.2 Å². The van der Waals surface area contributed by atoms with Gasteiger partial charge in [-0.1, -0.05) is 66.2 Å². The Balaban J connectivity index is 3.18. The van der Waals surface area contributed by atoms with Crippen molar-refractivity contribution in [2.24, 2.45) is 5.92 Å². The van der Waals surface area contributed by atoms with Crippen molar-refractivity contribution in [2.45, 2.75) is 129 Å². The molecule has 0 spiro atoms. The second-order valence-corrected chi connectivity index (χ2v) is 10.2. The van der Waals surface area contributed by atoms with Gasteiger partial charge in [-0.25, -0.2) is 0 Å². The number of benzene rings is 1. The van der Waals surface area contributed by atoms with Gasteiger partial charge in [-0.05, 0) is 68.7 Å². The maximum absolute atomic E-state index is 13.3. The van der Waals surface area contributed by atoms with Crippen molar-refractivity contribution >= 4 is 0 Å². The van der Waals surface area contributed by atoms with Gasteiger partial charge in [-0.15, -0.1) is 0 Å². The van der Waals surface area contributed by atoms with Gasteiger partial charge in [0.2, 0.25) is 0 Å². The van der Waals surface area contributed by atoms with E-state index in [2.05, 4.69) is 6.92 Å². The van der Waals surface area contributed by atoms with Crippen LogP contribution in [0.3, 0.4) is 0 Å². The van der Waals surface area contributed by atoms with E-state index in [-0.39, 0.29) is 24.0 Å². The van der Waals surface area contributed by atoms with Crippen molar-refractivity contribution in [1.82, 2.24) is 0 Å². The lowest BCUT2D eigenvalue weighted by atomic mass is 9.90. The highest BCUT2D eigenvalue weighted by Crippen LogP contribution is 2.38. The highest BCUT2D eigenvalue weighted by Gasteiger charge is 2.42.